The maximum atomic E-state index is 12.7. The van der Waals surface area contributed by atoms with Gasteiger partial charge in [0.05, 0.1) is 43.6 Å². The van der Waals surface area contributed by atoms with Gasteiger partial charge in [-0.2, -0.15) is 0 Å². The number of rotatable bonds is 11. The topological polar surface area (TPSA) is 160 Å². The Morgan fingerprint density at radius 3 is 0.953 bits per heavy atom. The fourth-order valence-corrected chi connectivity index (χ4v) is 4.42. The minimum atomic E-state index is -0.896. The van der Waals surface area contributed by atoms with E-state index in [4.69, 9.17) is 0 Å². The van der Waals surface area contributed by atoms with Crippen LogP contribution in [0.1, 0.15) is 0 Å². The third kappa shape index (κ3) is 6.00. The number of para-hydroxylation sites is 4. The number of hydrogen-bond donors (Lipinski definition) is 2. The molecule has 5 aromatic rings. The Hall–Kier alpha value is -6.50. The fraction of sp³-hybridized carbons (Fsp3) is 0. The van der Waals surface area contributed by atoms with Crippen molar-refractivity contribution in [1.82, 2.24) is 0 Å². The SMILES string of the molecule is O=[N+]([O-])c1cc([N+](=O)[O-])c(NN(c2ccccc2)c2ccccc2)c([N+](=O)[O-])c1NN(c1ccccc1)c1ccccc1. The summed E-state index contributed by atoms with van der Waals surface area (Å²) >= 11 is 0. The van der Waals surface area contributed by atoms with Gasteiger partial charge in [-0.3, -0.25) is 51.2 Å². The number of hydrogen-bond acceptors (Lipinski definition) is 10. The summed E-state index contributed by atoms with van der Waals surface area (Å²) in [5, 5.41) is 40.1. The lowest BCUT2D eigenvalue weighted by Crippen LogP contribution is -2.28. The molecule has 0 aromatic heterocycles. The number of anilines is 6. The Labute approximate surface area is 244 Å². The summed E-state index contributed by atoms with van der Waals surface area (Å²) in [4.78, 5) is 34.6. The van der Waals surface area contributed by atoms with Crippen molar-refractivity contribution < 1.29 is 14.8 Å². The summed E-state index contributed by atoms with van der Waals surface area (Å²) in [6, 6.07) is 35.3. The zero-order valence-electron chi connectivity index (χ0n) is 22.3. The van der Waals surface area contributed by atoms with Gasteiger partial charge >= 0.3 is 17.1 Å². The van der Waals surface area contributed by atoms with Gasteiger partial charge in [0.15, 0.2) is 0 Å². The van der Waals surface area contributed by atoms with E-state index in [2.05, 4.69) is 10.9 Å². The summed E-state index contributed by atoms with van der Waals surface area (Å²) in [7, 11) is 0. The minimum Gasteiger partial charge on any atom is -0.281 e. The van der Waals surface area contributed by atoms with Gasteiger partial charge in [-0.1, -0.05) is 72.8 Å². The van der Waals surface area contributed by atoms with Gasteiger partial charge in [-0.25, -0.2) is 0 Å². The second-order valence-electron chi connectivity index (χ2n) is 9.02. The molecule has 13 nitrogen and oxygen atoms in total. The van der Waals surface area contributed by atoms with E-state index >= 15 is 0 Å². The zero-order chi connectivity index (χ0) is 30.3. The Morgan fingerprint density at radius 2 is 0.721 bits per heavy atom. The first-order chi connectivity index (χ1) is 20.8. The molecule has 0 aliphatic heterocycles. The van der Waals surface area contributed by atoms with Crippen LogP contribution in [-0.2, 0) is 0 Å². The lowest BCUT2D eigenvalue weighted by molar-refractivity contribution is -0.400. The highest BCUT2D eigenvalue weighted by Gasteiger charge is 2.39. The van der Waals surface area contributed by atoms with Crippen molar-refractivity contribution in [3.05, 3.63) is 158 Å². The van der Waals surface area contributed by atoms with Crippen LogP contribution in [0.3, 0.4) is 0 Å². The Morgan fingerprint density at radius 1 is 0.442 bits per heavy atom. The molecule has 43 heavy (non-hydrogen) atoms. The summed E-state index contributed by atoms with van der Waals surface area (Å²) in [6.45, 7) is 0. The standard InChI is InChI=1S/C30H23N7O6/c38-35(39)26-21-27(36(40)41)29(32-34(24-17-9-3-10-18-24)25-19-11-4-12-20-25)30(37(42)43)28(26)31-33(22-13-5-1-6-14-22)23-15-7-2-8-16-23/h1-21,31-32H. The van der Waals surface area contributed by atoms with Gasteiger partial charge in [0.1, 0.15) is 0 Å². The largest absolute Gasteiger partial charge is 0.333 e. The summed E-state index contributed by atoms with van der Waals surface area (Å²) in [6.07, 6.45) is 0. The first-order valence-electron chi connectivity index (χ1n) is 12.8. The van der Waals surface area contributed by atoms with Crippen molar-refractivity contribution in [2.24, 2.45) is 0 Å². The van der Waals surface area contributed by atoms with Crippen LogP contribution in [0.25, 0.3) is 0 Å². The highest BCUT2D eigenvalue weighted by Crippen LogP contribution is 2.48. The van der Waals surface area contributed by atoms with E-state index in [0.717, 1.165) is 0 Å². The quantitative estimate of drug-likeness (QED) is 0.117. The van der Waals surface area contributed by atoms with E-state index < -0.39 is 43.2 Å². The van der Waals surface area contributed by atoms with Crippen LogP contribution in [0.15, 0.2) is 127 Å². The van der Waals surface area contributed by atoms with Crippen LogP contribution in [-0.4, -0.2) is 14.8 Å². The van der Waals surface area contributed by atoms with Crippen LogP contribution in [0.2, 0.25) is 0 Å². The zero-order valence-corrected chi connectivity index (χ0v) is 22.3. The summed E-state index contributed by atoms with van der Waals surface area (Å²) in [5.74, 6) is 0. The van der Waals surface area contributed by atoms with Crippen LogP contribution >= 0.6 is 0 Å². The normalized spacial score (nSPS) is 10.4. The average Bonchev–Trinajstić information content (AvgIpc) is 3.03. The second kappa shape index (κ2) is 12.3. The molecule has 0 unspecified atom stereocenters. The third-order valence-electron chi connectivity index (χ3n) is 6.34. The van der Waals surface area contributed by atoms with Crippen molar-refractivity contribution in [2.45, 2.75) is 0 Å². The molecule has 0 saturated carbocycles. The van der Waals surface area contributed by atoms with Crippen molar-refractivity contribution in [3.8, 4) is 0 Å². The van der Waals surface area contributed by atoms with Gasteiger partial charge in [0.25, 0.3) is 0 Å². The lowest BCUT2D eigenvalue weighted by Gasteiger charge is -2.28. The number of nitrogens with one attached hydrogen (secondary N) is 2. The Bertz CT molecular complexity index is 1560. The summed E-state index contributed by atoms with van der Waals surface area (Å²) < 4.78 is 0. The molecule has 0 bridgehead atoms. The van der Waals surface area contributed by atoms with E-state index in [1.54, 1.807) is 121 Å². The van der Waals surface area contributed by atoms with Gasteiger partial charge in [0.2, 0.25) is 11.4 Å². The van der Waals surface area contributed by atoms with Gasteiger partial charge in [0, 0.05) is 0 Å². The molecule has 0 atom stereocenters. The van der Waals surface area contributed by atoms with Crippen molar-refractivity contribution in [2.75, 3.05) is 20.9 Å². The molecular formula is C30H23N7O6. The first kappa shape index (κ1) is 28.0. The number of nitro groups is 3. The molecule has 2 N–H and O–H groups in total. The van der Waals surface area contributed by atoms with Crippen molar-refractivity contribution in [3.63, 3.8) is 0 Å². The van der Waals surface area contributed by atoms with Crippen LogP contribution in [0, 0.1) is 30.3 Å². The first-order valence-corrected chi connectivity index (χ1v) is 12.8. The Kier molecular flexibility index (Phi) is 8.05. The smallest absolute Gasteiger partial charge is 0.281 e. The van der Waals surface area contributed by atoms with E-state index in [0.29, 0.717) is 28.8 Å². The second-order valence-corrected chi connectivity index (χ2v) is 9.02. The molecule has 0 heterocycles. The predicted octanol–water partition coefficient (Wildman–Crippen LogP) is 7.74. The van der Waals surface area contributed by atoms with Gasteiger partial charge in [-0.05, 0) is 48.5 Å². The molecule has 0 aliphatic rings. The molecular weight excluding hydrogens is 554 g/mol. The van der Waals surface area contributed by atoms with Gasteiger partial charge in [-0.15, -0.1) is 0 Å². The van der Waals surface area contributed by atoms with Gasteiger partial charge < -0.3 is 0 Å². The number of nitro benzene ring substituents is 3. The van der Waals surface area contributed by atoms with E-state index in [-0.39, 0.29) is 0 Å². The molecule has 0 saturated heterocycles. The van der Waals surface area contributed by atoms with Crippen LogP contribution in [0.4, 0.5) is 51.2 Å². The molecule has 0 spiro atoms. The van der Waals surface area contributed by atoms with E-state index in [9.17, 15) is 30.3 Å². The highest BCUT2D eigenvalue weighted by atomic mass is 16.6. The lowest BCUT2D eigenvalue weighted by atomic mass is 10.1. The third-order valence-corrected chi connectivity index (χ3v) is 6.34. The fourth-order valence-electron chi connectivity index (χ4n) is 4.42. The Balaban J connectivity index is 1.76. The highest BCUT2D eigenvalue weighted by molar-refractivity contribution is 5.93. The molecule has 0 amide bonds. The molecule has 0 aliphatic carbocycles. The van der Waals surface area contributed by atoms with E-state index in [1.165, 1.54) is 10.0 Å². The maximum absolute atomic E-state index is 12.7. The molecule has 214 valence electrons. The van der Waals surface area contributed by atoms with Crippen molar-refractivity contribution >= 4 is 51.2 Å². The molecule has 0 fully saturated rings. The predicted molar refractivity (Wildman–Crippen MR) is 164 cm³/mol. The van der Waals surface area contributed by atoms with Crippen molar-refractivity contribution in [1.29, 1.82) is 0 Å². The molecule has 13 heteroatoms. The number of benzene rings is 5. The van der Waals surface area contributed by atoms with Crippen LogP contribution < -0.4 is 20.9 Å². The van der Waals surface area contributed by atoms with Crippen LogP contribution in [0.5, 0.6) is 0 Å². The number of nitrogens with zero attached hydrogens (tertiary/aromatic N) is 5. The number of hydrazine groups is 2. The molecule has 5 rings (SSSR count). The summed E-state index contributed by atoms with van der Waals surface area (Å²) in [5.41, 5.74) is 3.96. The molecule has 5 aromatic carbocycles. The maximum Gasteiger partial charge on any atom is 0.333 e. The minimum absolute atomic E-state index is 0.500. The monoisotopic (exact) mass is 577 g/mol. The molecule has 0 radical (unpaired) electrons. The van der Waals surface area contributed by atoms with E-state index in [1.807, 2.05) is 0 Å². The average molecular weight is 578 g/mol.